The summed E-state index contributed by atoms with van der Waals surface area (Å²) in [6.45, 7) is 0. The molecule has 0 saturated carbocycles. The molecule has 24 aromatic rings. The Balaban J connectivity index is 0.692. The molecule has 11 heteroatoms. The van der Waals surface area contributed by atoms with Crippen LogP contribution in [0.4, 0.5) is 5.69 Å². The van der Waals surface area contributed by atoms with E-state index < -0.39 is 0 Å². The minimum absolute atomic E-state index is 0.0844. The predicted octanol–water partition coefficient (Wildman–Crippen LogP) is 28.1. The number of aliphatic imine (C=N–C) groups is 1. The van der Waals surface area contributed by atoms with Crippen LogP contribution in [0, 0.1) is 0 Å². The largest absolute Gasteiger partial charge is 0.460 e. The molecule has 0 amide bonds. The van der Waals surface area contributed by atoms with Crippen LogP contribution in [0.2, 0.25) is 0 Å². The van der Waals surface area contributed by atoms with Crippen LogP contribution in [-0.2, 0) is 0 Å². The van der Waals surface area contributed by atoms with E-state index in [1.54, 1.807) is 11.3 Å². The highest BCUT2D eigenvalue weighted by molar-refractivity contribution is 7.26. The van der Waals surface area contributed by atoms with Gasteiger partial charge in [-0.2, -0.15) is 0 Å². The summed E-state index contributed by atoms with van der Waals surface area (Å²) in [6, 6.07) is 123. The Bertz CT molecular complexity index is 8700. The SMILES string of the molecule is C1=CC(C2NC(n3c4ccc5ccccc5c4c4ccc5c6c7ccccc7ccc6n(-c6ccccc6)c5c43)=Nc3c2sc2ccc(-c4ccc5c(ccc6c5c5ccc7c8c9ccccc9ccc8n(-c8nc(-c9cccc%10ccccc9%10)c9sc%10ccccc%10c9n8)c7c5n6-c5ccccc5)c4)cc32)=C2Oc3ccccc3C2C1. The molecule has 1 N–H and O–H groups in total. The van der Waals surface area contributed by atoms with Crippen LogP contribution >= 0.6 is 22.7 Å². The van der Waals surface area contributed by atoms with Gasteiger partial charge in [0.25, 0.3) is 0 Å². The summed E-state index contributed by atoms with van der Waals surface area (Å²) >= 11 is 3.60. The molecule has 7 aromatic heterocycles. The highest BCUT2D eigenvalue weighted by Crippen LogP contribution is 2.55. The number of nitrogens with one attached hydrogen (secondary N) is 1. The molecule has 0 saturated heterocycles. The van der Waals surface area contributed by atoms with E-state index in [1.165, 1.54) is 74.9 Å². The summed E-state index contributed by atoms with van der Waals surface area (Å²) in [7, 11) is 0. The van der Waals surface area contributed by atoms with E-state index in [-0.39, 0.29) is 12.0 Å². The summed E-state index contributed by atoms with van der Waals surface area (Å²) in [6.07, 6.45) is 5.54. The second-order valence-electron chi connectivity index (χ2n) is 31.5. The van der Waals surface area contributed by atoms with Crippen LogP contribution in [0.5, 0.6) is 5.75 Å². The van der Waals surface area contributed by atoms with Gasteiger partial charge in [-0.25, -0.2) is 15.0 Å². The van der Waals surface area contributed by atoms with E-state index in [1.807, 2.05) is 11.3 Å². The highest BCUT2D eigenvalue weighted by Gasteiger charge is 2.40. The molecular weight excluding hydrogens is 1470 g/mol. The van der Waals surface area contributed by atoms with E-state index in [4.69, 9.17) is 19.7 Å². The molecule has 9 nitrogen and oxygen atoms in total. The van der Waals surface area contributed by atoms with Gasteiger partial charge in [-0.05, 0) is 150 Å². The number of hydrogen-bond donors (Lipinski definition) is 1. The molecule has 0 bridgehead atoms. The zero-order valence-electron chi connectivity index (χ0n) is 62.6. The summed E-state index contributed by atoms with van der Waals surface area (Å²) in [5.74, 6) is 3.38. The first-order chi connectivity index (χ1) is 58.0. The lowest BCUT2D eigenvalue weighted by atomic mass is 9.86. The third-order valence-corrected chi connectivity index (χ3v) is 27.9. The molecule has 27 rings (SSSR count). The van der Waals surface area contributed by atoms with Crippen molar-refractivity contribution in [3.05, 3.63) is 368 Å². The predicted molar refractivity (Wildman–Crippen MR) is 490 cm³/mol. The van der Waals surface area contributed by atoms with E-state index >= 15 is 0 Å². The van der Waals surface area contributed by atoms with Gasteiger partial charge in [0.05, 0.1) is 76.7 Å². The molecule has 2 unspecified atom stereocenters. The second kappa shape index (κ2) is 23.9. The fraction of sp³-hybridized carbons (Fsp3) is 0.0283. The first-order valence-electron chi connectivity index (χ1n) is 40.1. The van der Waals surface area contributed by atoms with Gasteiger partial charge in [0.15, 0.2) is 0 Å². The Labute approximate surface area is 675 Å². The van der Waals surface area contributed by atoms with Gasteiger partial charge in [-0.15, -0.1) is 22.7 Å². The van der Waals surface area contributed by atoms with Crippen LogP contribution in [0.25, 0.3) is 211 Å². The normalized spacial score (nSPS) is 14.9. The second-order valence-corrected chi connectivity index (χ2v) is 33.7. The summed E-state index contributed by atoms with van der Waals surface area (Å²) in [4.78, 5) is 18.9. The van der Waals surface area contributed by atoms with Crippen molar-refractivity contribution in [1.82, 2.24) is 33.6 Å². The molecular formula is C106H62N8OS2. The lowest BCUT2D eigenvalue weighted by Crippen LogP contribution is -2.37. The molecule has 2 atom stereocenters. The van der Waals surface area contributed by atoms with Gasteiger partial charge in [0.2, 0.25) is 11.9 Å². The number of aromatic nitrogens is 6. The van der Waals surface area contributed by atoms with Gasteiger partial charge in [-0.1, -0.05) is 267 Å². The standard InChI is InChI=1S/C106H62N8OS2/c1-3-26-66(27-4-1)111-83-52-42-60-22-8-12-31-69(60)90(83)77-48-50-79-92-71-33-14-10-24-62(71)44-54-86(92)114(100(79)98(77)111)106-109-96(81-38-20-37-75-73-34-15-17-39-87(73)115-102(75)81)104-97(110-106)82-58-64(46-56-89(82)117-104)63-41-47-72-65(57-63)45-55-84-93(72)78-49-51-80-91-70-32-13-9-23-61(70)43-53-85(91)113(101(80)99(78)112(84)67-28-5-2-6-29-67)105-107-94(74-36-19-25-59-21-7-11-30-68(59)74)103-95(108-105)76-35-16-18-40-88(76)116-103/h1-36,38-58,75,96H,37H2,(H,109,110). The molecule has 17 aromatic carbocycles. The molecule has 1 aliphatic carbocycles. The van der Waals surface area contributed by atoms with Crippen molar-refractivity contribution in [2.24, 2.45) is 4.99 Å². The Morgan fingerprint density at radius 3 is 1.50 bits per heavy atom. The lowest BCUT2D eigenvalue weighted by molar-refractivity contribution is 0.412. The van der Waals surface area contributed by atoms with Crippen molar-refractivity contribution in [1.29, 1.82) is 0 Å². The minimum atomic E-state index is -0.333. The average molecular weight is 1530 g/mol. The van der Waals surface area contributed by atoms with Crippen molar-refractivity contribution in [3.63, 3.8) is 0 Å². The maximum atomic E-state index is 7.11. The fourth-order valence-corrected chi connectivity index (χ4v) is 22.9. The van der Waals surface area contributed by atoms with E-state index in [0.29, 0.717) is 5.95 Å². The summed E-state index contributed by atoms with van der Waals surface area (Å²) < 4.78 is 20.4. The van der Waals surface area contributed by atoms with Crippen molar-refractivity contribution >= 4 is 206 Å². The molecule has 117 heavy (non-hydrogen) atoms. The molecule has 2 aliphatic heterocycles. The van der Waals surface area contributed by atoms with Gasteiger partial charge in [0.1, 0.15) is 11.5 Å². The first-order valence-corrected chi connectivity index (χ1v) is 41.7. The number of benzene rings is 17. The van der Waals surface area contributed by atoms with Crippen molar-refractivity contribution in [3.8, 4) is 45.5 Å². The van der Waals surface area contributed by atoms with Crippen LogP contribution in [0.3, 0.4) is 0 Å². The number of thiophene rings is 2. The van der Waals surface area contributed by atoms with Crippen molar-refractivity contribution < 1.29 is 4.74 Å². The first kappa shape index (κ1) is 63.7. The molecule has 9 heterocycles. The van der Waals surface area contributed by atoms with E-state index in [2.05, 4.69) is 369 Å². The number of rotatable bonds is 6. The third-order valence-electron chi connectivity index (χ3n) is 25.5. The smallest absolute Gasteiger partial charge is 0.235 e. The Hall–Kier alpha value is -14.8. The quantitative estimate of drug-likeness (QED) is 0.180. The van der Waals surface area contributed by atoms with Crippen molar-refractivity contribution in [2.45, 2.75) is 18.4 Å². The van der Waals surface area contributed by atoms with Gasteiger partial charge in [0, 0.05) is 97.3 Å². The van der Waals surface area contributed by atoms with Crippen LogP contribution in [0.15, 0.2) is 362 Å². The molecule has 0 fully saturated rings. The number of ether oxygens (including phenoxy) is 1. The van der Waals surface area contributed by atoms with E-state index in [9.17, 15) is 0 Å². The number of fused-ring (bicyclic) bond motifs is 32. The zero-order valence-corrected chi connectivity index (χ0v) is 64.3. The van der Waals surface area contributed by atoms with Crippen molar-refractivity contribution in [2.75, 3.05) is 0 Å². The Morgan fingerprint density at radius 2 is 0.855 bits per heavy atom. The number of para-hydroxylation sites is 3. The third kappa shape index (κ3) is 8.87. The van der Waals surface area contributed by atoms with Crippen LogP contribution in [0.1, 0.15) is 28.8 Å². The van der Waals surface area contributed by atoms with Crippen LogP contribution in [-0.4, -0.2) is 34.2 Å². The van der Waals surface area contributed by atoms with E-state index in [0.717, 1.165) is 176 Å². The fourth-order valence-electron chi connectivity index (χ4n) is 20.5. The number of allylic oxidation sites excluding steroid dienone is 2. The minimum Gasteiger partial charge on any atom is -0.460 e. The van der Waals surface area contributed by atoms with Gasteiger partial charge < -0.3 is 19.2 Å². The van der Waals surface area contributed by atoms with Gasteiger partial charge >= 0.3 is 0 Å². The highest BCUT2D eigenvalue weighted by atomic mass is 32.1. The molecule has 0 radical (unpaired) electrons. The maximum absolute atomic E-state index is 7.11. The number of hydrogen-bond acceptors (Lipinski definition) is 7. The molecule has 3 aliphatic rings. The van der Waals surface area contributed by atoms with Crippen LogP contribution < -0.4 is 10.1 Å². The molecule has 0 spiro atoms. The Morgan fingerprint density at radius 1 is 0.368 bits per heavy atom. The summed E-state index contributed by atoms with van der Waals surface area (Å²) in [5.41, 5.74) is 19.3. The topological polar surface area (TPSA) is 79.1 Å². The summed E-state index contributed by atoms with van der Waals surface area (Å²) in [5, 5.41) is 27.6. The average Bonchev–Trinajstić information content (AvgIpc) is 1.53. The zero-order chi connectivity index (χ0) is 76.0. The number of nitrogens with zero attached hydrogens (tertiary/aromatic N) is 7. The lowest BCUT2D eigenvalue weighted by Gasteiger charge is -2.30. The monoisotopic (exact) mass is 1530 g/mol. The Kier molecular flexibility index (Phi) is 13.0. The maximum Gasteiger partial charge on any atom is 0.235 e. The molecule has 544 valence electrons. The van der Waals surface area contributed by atoms with Gasteiger partial charge in [-0.3, -0.25) is 9.13 Å².